The summed E-state index contributed by atoms with van der Waals surface area (Å²) in [6.45, 7) is 1.78. The summed E-state index contributed by atoms with van der Waals surface area (Å²) in [4.78, 5) is 24.1. The first-order valence-electron chi connectivity index (χ1n) is 8.31. The van der Waals surface area contributed by atoms with Gasteiger partial charge in [-0.15, -0.1) is 10.2 Å². The number of anilines is 1. The van der Waals surface area contributed by atoms with E-state index in [-0.39, 0.29) is 22.8 Å². The van der Waals surface area contributed by atoms with Crippen LogP contribution in [0.15, 0.2) is 52.1 Å². The number of carbonyl (C=O) groups is 2. The molecular weight excluding hydrogens is 400 g/mol. The highest BCUT2D eigenvalue weighted by atomic mass is 35.5. The van der Waals surface area contributed by atoms with Crippen LogP contribution >= 0.6 is 23.4 Å². The van der Waals surface area contributed by atoms with Gasteiger partial charge in [0, 0.05) is 28.9 Å². The van der Waals surface area contributed by atoms with Crippen molar-refractivity contribution in [1.29, 1.82) is 0 Å². The molecule has 0 spiro atoms. The first kappa shape index (κ1) is 19.9. The van der Waals surface area contributed by atoms with Crippen molar-refractivity contribution in [3.8, 4) is 11.5 Å². The van der Waals surface area contributed by atoms with Crippen molar-refractivity contribution in [3.05, 3.63) is 58.6 Å². The second-order valence-electron chi connectivity index (χ2n) is 5.77. The Hall–Kier alpha value is -2.84. The summed E-state index contributed by atoms with van der Waals surface area (Å²) >= 11 is 6.99. The van der Waals surface area contributed by atoms with E-state index in [0.717, 1.165) is 17.3 Å². The number of hydrogen-bond acceptors (Lipinski definition) is 6. The van der Waals surface area contributed by atoms with Crippen molar-refractivity contribution in [2.75, 3.05) is 18.1 Å². The van der Waals surface area contributed by atoms with Gasteiger partial charge < -0.3 is 15.1 Å². The Bertz CT molecular complexity index is 1000. The predicted molar refractivity (Wildman–Crippen MR) is 109 cm³/mol. The summed E-state index contributed by atoms with van der Waals surface area (Å²) in [6.07, 6.45) is 0. The number of nitrogens with one attached hydrogen (secondary N) is 2. The zero-order chi connectivity index (χ0) is 20.1. The third-order valence-electron chi connectivity index (χ3n) is 3.90. The summed E-state index contributed by atoms with van der Waals surface area (Å²) in [5, 5.41) is 14.2. The van der Waals surface area contributed by atoms with E-state index in [1.165, 1.54) is 0 Å². The standard InChI is InChI=1S/C19H17ClN4O3S/c1-11-14(17(26)21-2)4-3-5-15(11)22-16(25)10-28-19-24-23-18(27-19)12-6-8-13(20)9-7-12/h3-9H,10H2,1-2H3,(H,21,26)(H,22,25). The molecule has 1 heterocycles. The third kappa shape index (κ3) is 4.71. The zero-order valence-corrected chi connectivity index (χ0v) is 16.7. The van der Waals surface area contributed by atoms with Gasteiger partial charge in [0.15, 0.2) is 0 Å². The summed E-state index contributed by atoms with van der Waals surface area (Å²) in [7, 11) is 1.56. The highest BCUT2D eigenvalue weighted by Crippen LogP contribution is 2.25. The topological polar surface area (TPSA) is 97.1 Å². The molecule has 0 radical (unpaired) electrons. The van der Waals surface area contributed by atoms with Crippen LogP contribution in [0.1, 0.15) is 15.9 Å². The Morgan fingerprint density at radius 1 is 1.14 bits per heavy atom. The van der Waals surface area contributed by atoms with E-state index in [1.54, 1.807) is 56.4 Å². The average Bonchev–Trinajstić information content (AvgIpc) is 3.17. The minimum absolute atomic E-state index is 0.0892. The van der Waals surface area contributed by atoms with E-state index in [4.69, 9.17) is 16.0 Å². The molecule has 0 unspecified atom stereocenters. The zero-order valence-electron chi connectivity index (χ0n) is 15.2. The number of benzene rings is 2. The molecule has 0 saturated carbocycles. The highest BCUT2D eigenvalue weighted by Gasteiger charge is 2.14. The van der Waals surface area contributed by atoms with E-state index in [9.17, 15) is 9.59 Å². The van der Waals surface area contributed by atoms with Crippen molar-refractivity contribution in [1.82, 2.24) is 15.5 Å². The van der Waals surface area contributed by atoms with Crippen LogP contribution in [0.2, 0.25) is 5.02 Å². The Kier molecular flexibility index (Phi) is 6.33. The molecule has 3 rings (SSSR count). The summed E-state index contributed by atoms with van der Waals surface area (Å²) in [5.74, 6) is -0.00280. The van der Waals surface area contributed by atoms with Crippen LogP contribution in [-0.4, -0.2) is 34.8 Å². The van der Waals surface area contributed by atoms with Crippen LogP contribution in [0.5, 0.6) is 0 Å². The van der Waals surface area contributed by atoms with Gasteiger partial charge in [-0.3, -0.25) is 9.59 Å². The van der Waals surface area contributed by atoms with Gasteiger partial charge in [0.2, 0.25) is 11.8 Å². The fourth-order valence-corrected chi connectivity index (χ4v) is 3.13. The number of nitrogens with zero attached hydrogens (tertiary/aromatic N) is 2. The van der Waals surface area contributed by atoms with Gasteiger partial charge in [0.25, 0.3) is 11.1 Å². The molecule has 0 aliphatic carbocycles. The molecule has 0 aliphatic rings. The maximum absolute atomic E-state index is 12.3. The third-order valence-corrected chi connectivity index (χ3v) is 4.97. The first-order chi connectivity index (χ1) is 13.5. The molecule has 2 N–H and O–H groups in total. The van der Waals surface area contributed by atoms with Crippen molar-refractivity contribution in [3.63, 3.8) is 0 Å². The molecule has 3 aromatic rings. The predicted octanol–water partition coefficient (Wildman–Crippen LogP) is 3.79. The van der Waals surface area contributed by atoms with Crippen LogP contribution in [0.3, 0.4) is 0 Å². The average molecular weight is 417 g/mol. The lowest BCUT2D eigenvalue weighted by Gasteiger charge is -2.11. The molecule has 144 valence electrons. The molecule has 0 aliphatic heterocycles. The summed E-state index contributed by atoms with van der Waals surface area (Å²) < 4.78 is 5.56. The Balaban J connectivity index is 1.61. The van der Waals surface area contributed by atoms with Crippen molar-refractivity contribution in [2.45, 2.75) is 12.1 Å². The van der Waals surface area contributed by atoms with Gasteiger partial charge in [0.1, 0.15) is 0 Å². The Morgan fingerprint density at radius 2 is 1.89 bits per heavy atom. The SMILES string of the molecule is CNC(=O)c1cccc(NC(=O)CSc2nnc(-c3ccc(Cl)cc3)o2)c1C. The number of thioether (sulfide) groups is 1. The van der Waals surface area contributed by atoms with Gasteiger partial charge in [0.05, 0.1) is 5.75 Å². The molecule has 7 nitrogen and oxygen atoms in total. The van der Waals surface area contributed by atoms with Gasteiger partial charge in [-0.05, 0) is 48.9 Å². The quantitative estimate of drug-likeness (QED) is 0.593. The number of rotatable bonds is 6. The lowest BCUT2D eigenvalue weighted by Crippen LogP contribution is -2.20. The number of amides is 2. The molecule has 0 fully saturated rings. The maximum atomic E-state index is 12.3. The fraction of sp³-hybridized carbons (Fsp3) is 0.158. The number of carbonyl (C=O) groups excluding carboxylic acids is 2. The van der Waals surface area contributed by atoms with Crippen LogP contribution < -0.4 is 10.6 Å². The van der Waals surface area contributed by atoms with Crippen LogP contribution in [-0.2, 0) is 4.79 Å². The van der Waals surface area contributed by atoms with Gasteiger partial charge in [-0.1, -0.05) is 29.4 Å². The first-order valence-corrected chi connectivity index (χ1v) is 9.68. The maximum Gasteiger partial charge on any atom is 0.277 e. The fourth-order valence-electron chi connectivity index (χ4n) is 2.44. The molecule has 0 atom stereocenters. The minimum atomic E-state index is -0.242. The van der Waals surface area contributed by atoms with Crippen LogP contribution in [0, 0.1) is 6.92 Å². The normalized spacial score (nSPS) is 10.5. The smallest absolute Gasteiger partial charge is 0.277 e. The molecule has 1 aromatic heterocycles. The highest BCUT2D eigenvalue weighted by molar-refractivity contribution is 7.99. The van der Waals surface area contributed by atoms with Gasteiger partial charge in [-0.2, -0.15) is 0 Å². The van der Waals surface area contributed by atoms with Crippen molar-refractivity contribution in [2.24, 2.45) is 0 Å². The Morgan fingerprint density at radius 3 is 2.61 bits per heavy atom. The van der Waals surface area contributed by atoms with Crippen molar-refractivity contribution >= 4 is 40.9 Å². The van der Waals surface area contributed by atoms with E-state index in [0.29, 0.717) is 27.7 Å². The molecule has 9 heteroatoms. The molecule has 0 saturated heterocycles. The number of halogens is 1. The summed E-state index contributed by atoms with van der Waals surface area (Å²) in [5.41, 5.74) is 2.54. The Labute approximate surface area is 170 Å². The van der Waals surface area contributed by atoms with E-state index in [2.05, 4.69) is 20.8 Å². The van der Waals surface area contributed by atoms with Crippen molar-refractivity contribution < 1.29 is 14.0 Å². The van der Waals surface area contributed by atoms with E-state index >= 15 is 0 Å². The van der Waals surface area contributed by atoms with E-state index in [1.807, 2.05) is 0 Å². The van der Waals surface area contributed by atoms with Gasteiger partial charge in [-0.25, -0.2) is 0 Å². The summed E-state index contributed by atoms with van der Waals surface area (Å²) in [6, 6.07) is 12.2. The molecule has 0 bridgehead atoms. The largest absolute Gasteiger partial charge is 0.411 e. The van der Waals surface area contributed by atoms with Crippen LogP contribution in [0.4, 0.5) is 5.69 Å². The minimum Gasteiger partial charge on any atom is -0.411 e. The lowest BCUT2D eigenvalue weighted by molar-refractivity contribution is -0.113. The van der Waals surface area contributed by atoms with E-state index < -0.39 is 0 Å². The molecular formula is C19H17ClN4O3S. The molecule has 28 heavy (non-hydrogen) atoms. The molecule has 2 aromatic carbocycles. The lowest BCUT2D eigenvalue weighted by atomic mass is 10.1. The second kappa shape index (κ2) is 8.90. The van der Waals surface area contributed by atoms with Crippen LogP contribution in [0.25, 0.3) is 11.5 Å². The van der Waals surface area contributed by atoms with Gasteiger partial charge >= 0.3 is 0 Å². The number of aromatic nitrogens is 2. The number of hydrogen-bond donors (Lipinski definition) is 2. The molecule has 2 amide bonds. The second-order valence-corrected chi connectivity index (χ2v) is 7.14. The monoisotopic (exact) mass is 416 g/mol.